The van der Waals surface area contributed by atoms with Gasteiger partial charge in [-0.05, 0) is 17.7 Å². The zero-order valence-corrected chi connectivity index (χ0v) is 18.3. The number of hydrogen-bond donors (Lipinski definition) is 2. The van der Waals surface area contributed by atoms with Crippen LogP contribution in [0.2, 0.25) is 0 Å². The Morgan fingerprint density at radius 2 is 1.21 bits per heavy atom. The molecule has 0 unspecified atom stereocenters. The highest BCUT2D eigenvalue weighted by Gasteiger charge is 2.28. The van der Waals surface area contributed by atoms with E-state index in [1.807, 2.05) is 0 Å². The summed E-state index contributed by atoms with van der Waals surface area (Å²) in [6.07, 6.45) is 0. The van der Waals surface area contributed by atoms with E-state index >= 15 is 0 Å². The smallest absolute Gasteiger partial charge is 0.414 e. The van der Waals surface area contributed by atoms with Gasteiger partial charge in [0.05, 0.1) is 14.7 Å². The first-order valence-corrected chi connectivity index (χ1v) is 11.0. The Hall–Kier alpha value is -3.95. The molecule has 2 N–H and O–H groups in total. The summed E-state index contributed by atoms with van der Waals surface area (Å²) in [5.41, 5.74) is 0.784. The highest BCUT2D eigenvalue weighted by molar-refractivity contribution is 7.89. The van der Waals surface area contributed by atoms with E-state index in [2.05, 4.69) is 4.90 Å². The van der Waals surface area contributed by atoms with Gasteiger partial charge in [-0.1, -0.05) is 12.1 Å². The molecule has 0 atom stereocenters. The first-order chi connectivity index (χ1) is 15.9. The molecular formula is C19H20N4O10S. The van der Waals surface area contributed by atoms with Gasteiger partial charge in [0, 0.05) is 57.0 Å². The van der Waals surface area contributed by atoms with Crippen molar-refractivity contribution in [2.45, 2.75) is 11.4 Å². The molecule has 3 rings (SSSR count). The Kier molecular flexibility index (Phi) is 8.71. The predicted octanol–water partition coefficient (Wildman–Crippen LogP) is 1.17. The number of rotatable bonds is 6. The van der Waals surface area contributed by atoms with E-state index in [1.54, 1.807) is 12.1 Å². The minimum Gasteiger partial charge on any atom is -0.473 e. The molecule has 0 aromatic heterocycles. The third kappa shape index (κ3) is 7.03. The van der Waals surface area contributed by atoms with E-state index in [0.29, 0.717) is 32.7 Å². The highest BCUT2D eigenvalue weighted by Crippen LogP contribution is 2.21. The average molecular weight is 496 g/mol. The number of piperazine rings is 1. The molecule has 0 spiro atoms. The second kappa shape index (κ2) is 11.3. The van der Waals surface area contributed by atoms with Gasteiger partial charge < -0.3 is 10.2 Å². The topological polar surface area (TPSA) is 201 Å². The number of carboxylic acids is 2. The number of sulfonamides is 1. The van der Waals surface area contributed by atoms with E-state index in [4.69, 9.17) is 19.8 Å². The van der Waals surface area contributed by atoms with Gasteiger partial charge in [-0.3, -0.25) is 25.1 Å². The lowest BCUT2D eigenvalue weighted by Gasteiger charge is -2.34. The molecule has 1 heterocycles. The molecule has 1 fully saturated rings. The van der Waals surface area contributed by atoms with Crippen molar-refractivity contribution in [3.63, 3.8) is 0 Å². The zero-order chi connectivity index (χ0) is 25.5. The molecular weight excluding hydrogens is 476 g/mol. The molecule has 2 aromatic rings. The Labute approximate surface area is 193 Å². The molecule has 0 amide bonds. The van der Waals surface area contributed by atoms with E-state index in [0.717, 1.165) is 5.56 Å². The normalized spacial score (nSPS) is 14.5. The van der Waals surface area contributed by atoms with Crippen LogP contribution in [0.25, 0.3) is 0 Å². The summed E-state index contributed by atoms with van der Waals surface area (Å²) in [6.45, 7) is 2.20. The first-order valence-electron chi connectivity index (χ1n) is 9.58. The van der Waals surface area contributed by atoms with Crippen LogP contribution >= 0.6 is 0 Å². The molecule has 14 nitrogen and oxygen atoms in total. The number of non-ortho nitro benzene ring substituents is 2. The number of benzene rings is 2. The molecule has 1 saturated heterocycles. The molecule has 1 aliphatic heterocycles. The van der Waals surface area contributed by atoms with Gasteiger partial charge in [-0.2, -0.15) is 4.31 Å². The predicted molar refractivity (Wildman–Crippen MR) is 116 cm³/mol. The van der Waals surface area contributed by atoms with Gasteiger partial charge in [-0.25, -0.2) is 18.0 Å². The maximum atomic E-state index is 12.7. The molecule has 34 heavy (non-hydrogen) atoms. The zero-order valence-electron chi connectivity index (χ0n) is 17.5. The number of aliphatic carboxylic acids is 2. The van der Waals surface area contributed by atoms with Crippen LogP contribution in [-0.2, 0) is 26.2 Å². The lowest BCUT2D eigenvalue weighted by Crippen LogP contribution is -2.48. The average Bonchev–Trinajstić information content (AvgIpc) is 2.80. The van der Waals surface area contributed by atoms with Crippen molar-refractivity contribution in [3.8, 4) is 0 Å². The molecule has 0 aliphatic carbocycles. The first kappa shape index (κ1) is 26.3. The molecule has 0 saturated carbocycles. The van der Waals surface area contributed by atoms with Crippen LogP contribution in [0.5, 0.6) is 0 Å². The number of carboxylic acid groups (broad SMARTS) is 2. The summed E-state index contributed by atoms with van der Waals surface area (Å²) in [4.78, 5) is 40.7. The summed E-state index contributed by atoms with van der Waals surface area (Å²) >= 11 is 0. The van der Waals surface area contributed by atoms with Crippen LogP contribution in [0, 0.1) is 20.2 Å². The summed E-state index contributed by atoms with van der Waals surface area (Å²) in [7, 11) is -3.71. The molecule has 0 bridgehead atoms. The van der Waals surface area contributed by atoms with Gasteiger partial charge >= 0.3 is 11.9 Å². The number of nitro benzene ring substituents is 2. The highest BCUT2D eigenvalue weighted by atomic mass is 32.2. The van der Waals surface area contributed by atoms with Crippen molar-refractivity contribution in [2.24, 2.45) is 0 Å². The van der Waals surface area contributed by atoms with Gasteiger partial charge in [0.25, 0.3) is 11.4 Å². The maximum absolute atomic E-state index is 12.7. The standard InChI is InChI=1S/C17H18N4O6S.C2H2O4/c22-20(23)15-3-1-14(2-4-15)13-18-9-11-19(12-10-18)28(26,27)17-7-5-16(6-8-17)21(24)25;3-1(4)2(5)6/h1-8H,9-13H2;(H,3,4)(H,5,6). The van der Waals surface area contributed by atoms with Crippen LogP contribution in [0.1, 0.15) is 5.56 Å². The summed E-state index contributed by atoms with van der Waals surface area (Å²) in [5.74, 6) is -3.65. The van der Waals surface area contributed by atoms with Crippen molar-refractivity contribution in [2.75, 3.05) is 26.2 Å². The third-order valence-electron chi connectivity index (χ3n) is 4.75. The molecule has 2 aromatic carbocycles. The Morgan fingerprint density at radius 3 is 1.59 bits per heavy atom. The molecule has 182 valence electrons. The van der Waals surface area contributed by atoms with Crippen LogP contribution in [0.3, 0.4) is 0 Å². The largest absolute Gasteiger partial charge is 0.473 e. The summed E-state index contributed by atoms with van der Waals surface area (Å²) in [5, 5.41) is 36.2. The lowest BCUT2D eigenvalue weighted by atomic mass is 10.2. The minimum absolute atomic E-state index is 0.0296. The van der Waals surface area contributed by atoms with Gasteiger partial charge in [0.1, 0.15) is 0 Å². The van der Waals surface area contributed by atoms with E-state index in [1.165, 1.54) is 40.7 Å². The lowest BCUT2D eigenvalue weighted by molar-refractivity contribution is -0.385. The van der Waals surface area contributed by atoms with Crippen LogP contribution in [0.15, 0.2) is 53.4 Å². The van der Waals surface area contributed by atoms with Crippen molar-refractivity contribution < 1.29 is 38.1 Å². The SMILES string of the molecule is O=C(O)C(=O)O.O=[N+]([O-])c1ccc(CN2CCN(S(=O)(=O)c3ccc([N+](=O)[O-])cc3)CC2)cc1. The third-order valence-corrected chi connectivity index (χ3v) is 6.67. The van der Waals surface area contributed by atoms with Crippen molar-refractivity contribution in [1.82, 2.24) is 9.21 Å². The van der Waals surface area contributed by atoms with Crippen LogP contribution < -0.4 is 0 Å². The maximum Gasteiger partial charge on any atom is 0.414 e. The Bertz CT molecular complexity index is 1150. The monoisotopic (exact) mass is 496 g/mol. The second-order valence-corrected chi connectivity index (χ2v) is 8.90. The van der Waals surface area contributed by atoms with Gasteiger partial charge in [-0.15, -0.1) is 0 Å². The quantitative estimate of drug-likeness (QED) is 0.330. The van der Waals surface area contributed by atoms with Crippen molar-refractivity contribution >= 4 is 33.3 Å². The van der Waals surface area contributed by atoms with Gasteiger partial charge in [0.15, 0.2) is 0 Å². The van der Waals surface area contributed by atoms with E-state index in [9.17, 15) is 28.6 Å². The van der Waals surface area contributed by atoms with Gasteiger partial charge in [0.2, 0.25) is 10.0 Å². The number of nitrogens with zero attached hydrogens (tertiary/aromatic N) is 4. The van der Waals surface area contributed by atoms with E-state index < -0.39 is 31.8 Å². The number of carbonyl (C=O) groups is 2. The summed E-state index contributed by atoms with van der Waals surface area (Å²) < 4.78 is 26.8. The second-order valence-electron chi connectivity index (χ2n) is 6.97. The fourth-order valence-electron chi connectivity index (χ4n) is 3.00. The van der Waals surface area contributed by atoms with Crippen molar-refractivity contribution in [3.05, 3.63) is 74.3 Å². The van der Waals surface area contributed by atoms with Crippen LogP contribution in [0.4, 0.5) is 11.4 Å². The molecule has 15 heteroatoms. The molecule has 1 aliphatic rings. The fraction of sp³-hybridized carbons (Fsp3) is 0.263. The minimum atomic E-state index is -3.71. The fourth-order valence-corrected chi connectivity index (χ4v) is 4.42. The van der Waals surface area contributed by atoms with Crippen LogP contribution in [-0.4, -0.2) is 75.8 Å². The number of nitro groups is 2. The van der Waals surface area contributed by atoms with E-state index in [-0.39, 0.29) is 16.3 Å². The Balaban J connectivity index is 0.000000604. The number of hydrogen-bond acceptors (Lipinski definition) is 9. The Morgan fingerprint density at radius 1 is 0.794 bits per heavy atom. The summed E-state index contributed by atoms with van der Waals surface area (Å²) in [6, 6.07) is 11.1. The van der Waals surface area contributed by atoms with Crippen molar-refractivity contribution in [1.29, 1.82) is 0 Å². The molecule has 0 radical (unpaired) electrons.